The van der Waals surface area contributed by atoms with E-state index in [-0.39, 0.29) is 17.3 Å². The van der Waals surface area contributed by atoms with Crippen LogP contribution in [0.4, 0.5) is 11.4 Å². The van der Waals surface area contributed by atoms with Gasteiger partial charge in [0.25, 0.3) is 0 Å². The van der Waals surface area contributed by atoms with Crippen LogP contribution in [0.2, 0.25) is 0 Å². The van der Waals surface area contributed by atoms with Gasteiger partial charge in [0.1, 0.15) is 0 Å². The molecule has 0 atom stereocenters. The molecule has 1 saturated carbocycles. The van der Waals surface area contributed by atoms with Crippen LogP contribution >= 0.6 is 0 Å². The van der Waals surface area contributed by atoms with Gasteiger partial charge in [-0.25, -0.2) is 8.42 Å². The van der Waals surface area contributed by atoms with Gasteiger partial charge < -0.3 is 25.0 Å². The number of ether oxygens (including phenoxy) is 2. The molecule has 1 aromatic rings. The standard InChI is InChI=1S/C23H36N4O5S/c28-23(18-24-17-19-4-2-1-3-5-19)25-21-16-20(33(29,30)27-10-14-32-15-11-27)6-7-22(21)26-8-12-31-13-9-26/h6-7,16,19,24H,1-5,8-15,17-18H2,(H,25,28). The third-order valence-electron chi connectivity index (χ3n) is 6.65. The first-order valence-electron chi connectivity index (χ1n) is 12.1. The maximum absolute atomic E-state index is 13.2. The molecule has 33 heavy (non-hydrogen) atoms. The van der Waals surface area contributed by atoms with Gasteiger partial charge in [-0.15, -0.1) is 0 Å². The second kappa shape index (κ2) is 11.6. The van der Waals surface area contributed by atoms with Gasteiger partial charge in [-0.3, -0.25) is 4.79 Å². The van der Waals surface area contributed by atoms with Crippen LogP contribution in [0.3, 0.4) is 0 Å². The Balaban J connectivity index is 1.47. The van der Waals surface area contributed by atoms with Crippen molar-refractivity contribution < 1.29 is 22.7 Å². The third kappa shape index (κ3) is 6.45. The summed E-state index contributed by atoms with van der Waals surface area (Å²) in [6.45, 7) is 5.09. The Labute approximate surface area is 196 Å². The summed E-state index contributed by atoms with van der Waals surface area (Å²) in [5.74, 6) is 0.471. The molecule has 2 N–H and O–H groups in total. The zero-order valence-corrected chi connectivity index (χ0v) is 20.1. The SMILES string of the molecule is O=C(CNCC1CCCCC1)Nc1cc(S(=O)(=O)N2CCOCC2)ccc1N1CCOCC1. The van der Waals surface area contributed by atoms with Crippen LogP contribution in [0.5, 0.6) is 0 Å². The first-order chi connectivity index (χ1) is 16.0. The van der Waals surface area contributed by atoms with Gasteiger partial charge in [-0.05, 0) is 43.5 Å². The largest absolute Gasteiger partial charge is 0.379 e. The van der Waals surface area contributed by atoms with Gasteiger partial charge in [-0.1, -0.05) is 19.3 Å². The summed E-state index contributed by atoms with van der Waals surface area (Å²) in [6.07, 6.45) is 6.29. The average Bonchev–Trinajstić information content (AvgIpc) is 2.86. The number of nitrogens with one attached hydrogen (secondary N) is 2. The number of rotatable bonds is 8. The highest BCUT2D eigenvalue weighted by molar-refractivity contribution is 7.89. The molecular weight excluding hydrogens is 444 g/mol. The molecule has 0 spiro atoms. The van der Waals surface area contributed by atoms with Crippen LogP contribution < -0.4 is 15.5 Å². The Morgan fingerprint density at radius 3 is 2.33 bits per heavy atom. The highest BCUT2D eigenvalue weighted by atomic mass is 32.2. The van der Waals surface area contributed by atoms with Crippen LogP contribution in [0.25, 0.3) is 0 Å². The number of hydrogen-bond donors (Lipinski definition) is 2. The molecule has 0 radical (unpaired) electrons. The van der Waals surface area contributed by atoms with Crippen molar-refractivity contribution in [3.05, 3.63) is 18.2 Å². The van der Waals surface area contributed by atoms with Gasteiger partial charge in [-0.2, -0.15) is 4.31 Å². The minimum absolute atomic E-state index is 0.166. The number of sulfonamides is 1. The summed E-state index contributed by atoms with van der Waals surface area (Å²) in [6, 6.07) is 5.02. The van der Waals surface area contributed by atoms with E-state index in [4.69, 9.17) is 9.47 Å². The van der Waals surface area contributed by atoms with E-state index in [1.807, 2.05) is 0 Å². The number of morpholine rings is 2. The molecule has 1 amide bonds. The Hall–Kier alpha value is -1.72. The van der Waals surface area contributed by atoms with Crippen LogP contribution in [0, 0.1) is 5.92 Å². The van der Waals surface area contributed by atoms with E-state index in [1.54, 1.807) is 18.2 Å². The lowest BCUT2D eigenvalue weighted by Gasteiger charge is -2.31. The third-order valence-corrected chi connectivity index (χ3v) is 8.54. The van der Waals surface area contributed by atoms with Gasteiger partial charge in [0.05, 0.1) is 49.2 Å². The summed E-state index contributed by atoms with van der Waals surface area (Å²) >= 11 is 0. The number of amides is 1. The van der Waals surface area contributed by atoms with Crippen molar-refractivity contribution in [1.82, 2.24) is 9.62 Å². The Bertz CT molecular complexity index is 892. The maximum atomic E-state index is 13.2. The number of benzene rings is 1. The van der Waals surface area contributed by atoms with Crippen molar-refractivity contribution in [2.45, 2.75) is 37.0 Å². The zero-order valence-electron chi connectivity index (χ0n) is 19.3. The zero-order chi connectivity index (χ0) is 23.1. The highest BCUT2D eigenvalue weighted by Crippen LogP contribution is 2.31. The quantitative estimate of drug-likeness (QED) is 0.584. The lowest BCUT2D eigenvalue weighted by Crippen LogP contribution is -2.40. The smallest absolute Gasteiger partial charge is 0.243 e. The molecule has 4 rings (SSSR count). The number of nitrogens with zero attached hydrogens (tertiary/aromatic N) is 2. The van der Waals surface area contributed by atoms with Crippen molar-refractivity contribution in [2.24, 2.45) is 5.92 Å². The van der Waals surface area contributed by atoms with E-state index >= 15 is 0 Å². The van der Waals surface area contributed by atoms with Gasteiger partial charge in [0.15, 0.2) is 0 Å². The summed E-state index contributed by atoms with van der Waals surface area (Å²) in [4.78, 5) is 15.1. The molecule has 2 aliphatic heterocycles. The van der Waals surface area contributed by atoms with E-state index in [0.29, 0.717) is 64.2 Å². The number of hydrogen-bond acceptors (Lipinski definition) is 7. The molecule has 9 nitrogen and oxygen atoms in total. The predicted octanol–water partition coefficient (Wildman–Crippen LogP) is 1.65. The fourth-order valence-electron chi connectivity index (χ4n) is 4.77. The monoisotopic (exact) mass is 480 g/mol. The summed E-state index contributed by atoms with van der Waals surface area (Å²) in [5.41, 5.74) is 1.34. The van der Waals surface area contributed by atoms with E-state index in [2.05, 4.69) is 15.5 Å². The lowest BCUT2D eigenvalue weighted by molar-refractivity contribution is -0.115. The van der Waals surface area contributed by atoms with Crippen molar-refractivity contribution in [1.29, 1.82) is 0 Å². The molecule has 0 aromatic heterocycles. The van der Waals surface area contributed by atoms with Crippen LogP contribution in [0.1, 0.15) is 32.1 Å². The first-order valence-corrected chi connectivity index (χ1v) is 13.5. The van der Waals surface area contributed by atoms with E-state index in [0.717, 1.165) is 12.2 Å². The lowest BCUT2D eigenvalue weighted by atomic mass is 9.89. The van der Waals surface area contributed by atoms with E-state index in [9.17, 15) is 13.2 Å². The first kappa shape index (κ1) is 24.4. The molecule has 3 aliphatic rings. The second-order valence-corrected chi connectivity index (χ2v) is 10.9. The van der Waals surface area contributed by atoms with Crippen molar-refractivity contribution >= 4 is 27.3 Å². The van der Waals surface area contributed by atoms with Crippen LogP contribution in [0.15, 0.2) is 23.1 Å². The Kier molecular flexibility index (Phi) is 8.59. The molecule has 2 heterocycles. The topological polar surface area (TPSA) is 100 Å². The molecule has 2 saturated heterocycles. The van der Waals surface area contributed by atoms with Crippen molar-refractivity contribution in [2.75, 3.05) is 75.9 Å². The molecule has 1 aromatic carbocycles. The average molecular weight is 481 g/mol. The molecule has 10 heteroatoms. The van der Waals surface area contributed by atoms with E-state index in [1.165, 1.54) is 36.4 Å². The number of anilines is 2. The predicted molar refractivity (Wildman–Crippen MR) is 127 cm³/mol. The molecule has 1 aliphatic carbocycles. The normalized spacial score (nSPS) is 21.2. The number of carbonyl (C=O) groups is 1. The summed E-state index contributed by atoms with van der Waals surface area (Å²) in [7, 11) is -3.66. The fraction of sp³-hybridized carbons (Fsp3) is 0.696. The fourth-order valence-corrected chi connectivity index (χ4v) is 6.20. The summed E-state index contributed by atoms with van der Waals surface area (Å²) in [5, 5.41) is 6.25. The minimum atomic E-state index is -3.66. The van der Waals surface area contributed by atoms with Gasteiger partial charge in [0, 0.05) is 26.2 Å². The van der Waals surface area contributed by atoms with E-state index < -0.39 is 10.0 Å². The second-order valence-electron chi connectivity index (χ2n) is 8.98. The number of carbonyl (C=O) groups excluding carboxylic acids is 1. The van der Waals surface area contributed by atoms with Crippen LogP contribution in [-0.2, 0) is 24.3 Å². The van der Waals surface area contributed by atoms with Crippen molar-refractivity contribution in [3.8, 4) is 0 Å². The molecular formula is C23H36N4O5S. The Morgan fingerprint density at radius 2 is 1.64 bits per heavy atom. The molecule has 0 unspecified atom stereocenters. The molecule has 3 fully saturated rings. The summed E-state index contributed by atoms with van der Waals surface area (Å²) < 4.78 is 38.5. The molecule has 0 bridgehead atoms. The highest BCUT2D eigenvalue weighted by Gasteiger charge is 2.28. The van der Waals surface area contributed by atoms with Crippen LogP contribution in [-0.4, -0.2) is 84.3 Å². The van der Waals surface area contributed by atoms with Gasteiger partial charge in [0.2, 0.25) is 15.9 Å². The Morgan fingerprint density at radius 1 is 0.970 bits per heavy atom. The maximum Gasteiger partial charge on any atom is 0.243 e. The minimum Gasteiger partial charge on any atom is -0.379 e. The van der Waals surface area contributed by atoms with Crippen molar-refractivity contribution in [3.63, 3.8) is 0 Å². The molecule has 184 valence electrons. The van der Waals surface area contributed by atoms with Gasteiger partial charge >= 0.3 is 0 Å².